The number of nitrogens with zero attached hydrogens (tertiary/aromatic N) is 4. The van der Waals surface area contributed by atoms with Crippen LogP contribution >= 0.6 is 15.9 Å². The van der Waals surface area contributed by atoms with E-state index in [-0.39, 0.29) is 11.9 Å². The average Bonchev–Trinajstić information content (AvgIpc) is 3.60. The van der Waals surface area contributed by atoms with E-state index >= 15 is 0 Å². The van der Waals surface area contributed by atoms with E-state index in [0.717, 1.165) is 38.3 Å². The molecular formula is C31H23BrN4O. The number of carbonyl (C=O) groups excluding carboxylic acids is 1. The van der Waals surface area contributed by atoms with Gasteiger partial charge in [-0.05, 0) is 42.0 Å². The van der Waals surface area contributed by atoms with Gasteiger partial charge in [0.15, 0.2) is 0 Å². The van der Waals surface area contributed by atoms with E-state index in [1.54, 1.807) is 5.01 Å². The van der Waals surface area contributed by atoms with Gasteiger partial charge in [-0.2, -0.15) is 10.2 Å². The highest BCUT2D eigenvalue weighted by Crippen LogP contribution is 2.36. The fourth-order valence-corrected chi connectivity index (χ4v) is 4.89. The maximum absolute atomic E-state index is 13.7. The molecule has 1 aliphatic rings. The highest BCUT2D eigenvalue weighted by molar-refractivity contribution is 9.10. The Bertz CT molecular complexity index is 1560. The molecule has 5 aromatic rings. The van der Waals surface area contributed by atoms with Gasteiger partial charge in [0.05, 0.1) is 17.4 Å². The predicted octanol–water partition coefficient (Wildman–Crippen LogP) is 7.29. The molecule has 1 aliphatic heterocycles. The van der Waals surface area contributed by atoms with Crippen LogP contribution in [0.5, 0.6) is 0 Å². The molecule has 0 N–H and O–H groups in total. The Balaban J connectivity index is 1.47. The Morgan fingerprint density at radius 1 is 0.784 bits per heavy atom. The molecule has 5 nitrogen and oxygen atoms in total. The van der Waals surface area contributed by atoms with Crippen molar-refractivity contribution in [1.29, 1.82) is 0 Å². The number of rotatable bonds is 5. The van der Waals surface area contributed by atoms with E-state index in [2.05, 4.69) is 40.2 Å². The van der Waals surface area contributed by atoms with E-state index in [0.29, 0.717) is 12.0 Å². The van der Waals surface area contributed by atoms with Gasteiger partial charge in [-0.15, -0.1) is 0 Å². The summed E-state index contributed by atoms with van der Waals surface area (Å²) in [5.74, 6) is -0.131. The van der Waals surface area contributed by atoms with Crippen LogP contribution in [-0.4, -0.2) is 26.4 Å². The van der Waals surface area contributed by atoms with Crippen molar-refractivity contribution in [3.8, 4) is 16.9 Å². The highest BCUT2D eigenvalue weighted by atomic mass is 79.9. The molecule has 0 saturated heterocycles. The first-order valence-electron chi connectivity index (χ1n) is 12.1. The molecule has 1 atom stereocenters. The topological polar surface area (TPSA) is 50.5 Å². The number of amides is 1. The van der Waals surface area contributed by atoms with Crippen LogP contribution in [0.15, 0.2) is 131 Å². The van der Waals surface area contributed by atoms with Gasteiger partial charge in [0, 0.05) is 33.8 Å². The Kier molecular flexibility index (Phi) is 6.25. The molecule has 0 saturated carbocycles. The van der Waals surface area contributed by atoms with Crippen LogP contribution in [0.2, 0.25) is 0 Å². The molecule has 4 aromatic carbocycles. The Morgan fingerprint density at radius 3 is 2.08 bits per heavy atom. The largest absolute Gasteiger partial charge is 0.274 e. The number of para-hydroxylation sites is 1. The van der Waals surface area contributed by atoms with Crippen LogP contribution in [0.4, 0.5) is 0 Å². The SMILES string of the molecule is O=C(c1ccc(Br)cc1)N1N=C(c2cn(-c3ccccc3)nc2-c2ccccc2)C[C@H]1c1ccccc1. The lowest BCUT2D eigenvalue weighted by atomic mass is 9.97. The summed E-state index contributed by atoms with van der Waals surface area (Å²) >= 11 is 3.46. The first-order chi connectivity index (χ1) is 18.2. The predicted molar refractivity (Wildman–Crippen MR) is 150 cm³/mol. The lowest BCUT2D eigenvalue weighted by Gasteiger charge is -2.22. The number of carbonyl (C=O) groups is 1. The third-order valence-electron chi connectivity index (χ3n) is 6.49. The van der Waals surface area contributed by atoms with Crippen LogP contribution in [0.25, 0.3) is 16.9 Å². The molecule has 1 amide bonds. The minimum Gasteiger partial charge on any atom is -0.267 e. The lowest BCUT2D eigenvalue weighted by Crippen LogP contribution is -2.27. The summed E-state index contributed by atoms with van der Waals surface area (Å²) in [7, 11) is 0. The molecule has 6 rings (SSSR count). The van der Waals surface area contributed by atoms with Crippen LogP contribution in [0.3, 0.4) is 0 Å². The molecule has 6 heteroatoms. The number of hydrogen-bond acceptors (Lipinski definition) is 3. The Morgan fingerprint density at radius 2 is 1.41 bits per heavy atom. The number of hydrazone groups is 1. The normalized spacial score (nSPS) is 15.0. The summed E-state index contributed by atoms with van der Waals surface area (Å²) in [6, 6.07) is 37.4. The maximum Gasteiger partial charge on any atom is 0.274 e. The van der Waals surface area contributed by atoms with E-state index in [1.165, 1.54) is 0 Å². The van der Waals surface area contributed by atoms with Crippen LogP contribution in [-0.2, 0) is 0 Å². The van der Waals surface area contributed by atoms with Crippen molar-refractivity contribution in [2.75, 3.05) is 0 Å². The fourth-order valence-electron chi connectivity index (χ4n) is 4.63. The van der Waals surface area contributed by atoms with E-state index in [1.807, 2.05) is 102 Å². The molecule has 0 unspecified atom stereocenters. The molecular weight excluding hydrogens is 524 g/mol. The van der Waals surface area contributed by atoms with Crippen LogP contribution in [0, 0.1) is 0 Å². The van der Waals surface area contributed by atoms with Crippen molar-refractivity contribution < 1.29 is 4.79 Å². The zero-order chi connectivity index (χ0) is 25.2. The minimum absolute atomic E-state index is 0.131. The molecule has 0 spiro atoms. The number of halogens is 1. The summed E-state index contributed by atoms with van der Waals surface area (Å²) in [4.78, 5) is 13.7. The maximum atomic E-state index is 13.7. The average molecular weight is 547 g/mol. The third kappa shape index (κ3) is 4.63. The fraction of sp³-hybridized carbons (Fsp3) is 0.0645. The smallest absolute Gasteiger partial charge is 0.267 e. The summed E-state index contributed by atoms with van der Waals surface area (Å²) in [5, 5.41) is 11.5. The zero-order valence-corrected chi connectivity index (χ0v) is 21.5. The molecule has 0 fully saturated rings. The monoisotopic (exact) mass is 546 g/mol. The van der Waals surface area contributed by atoms with Gasteiger partial charge in [0.25, 0.3) is 5.91 Å². The highest BCUT2D eigenvalue weighted by Gasteiger charge is 2.35. The number of benzene rings is 4. The van der Waals surface area contributed by atoms with Crippen molar-refractivity contribution in [2.24, 2.45) is 5.10 Å². The third-order valence-corrected chi connectivity index (χ3v) is 7.02. The van der Waals surface area contributed by atoms with Crippen LogP contribution < -0.4 is 0 Å². The van der Waals surface area contributed by atoms with E-state index in [9.17, 15) is 4.79 Å². The second-order valence-electron chi connectivity index (χ2n) is 8.87. The summed E-state index contributed by atoms with van der Waals surface area (Å²) in [6.07, 6.45) is 2.61. The van der Waals surface area contributed by atoms with Crippen molar-refractivity contribution >= 4 is 27.5 Å². The summed E-state index contributed by atoms with van der Waals surface area (Å²) in [5.41, 5.74) is 6.20. The first-order valence-corrected chi connectivity index (χ1v) is 12.9. The number of aromatic nitrogens is 2. The second kappa shape index (κ2) is 9.99. The summed E-state index contributed by atoms with van der Waals surface area (Å²) in [6.45, 7) is 0. The molecule has 0 radical (unpaired) electrons. The van der Waals surface area contributed by atoms with E-state index < -0.39 is 0 Å². The van der Waals surface area contributed by atoms with Crippen LogP contribution in [0.1, 0.15) is 33.9 Å². The molecule has 1 aromatic heterocycles. The van der Waals surface area contributed by atoms with Gasteiger partial charge in [-0.3, -0.25) is 4.79 Å². The molecule has 0 bridgehead atoms. The second-order valence-corrected chi connectivity index (χ2v) is 9.79. The first kappa shape index (κ1) is 23.1. The van der Waals surface area contributed by atoms with Crippen molar-refractivity contribution in [3.63, 3.8) is 0 Å². The minimum atomic E-state index is -0.212. The zero-order valence-electron chi connectivity index (χ0n) is 19.9. The van der Waals surface area contributed by atoms with Crippen molar-refractivity contribution in [2.45, 2.75) is 12.5 Å². The molecule has 0 aliphatic carbocycles. The summed E-state index contributed by atoms with van der Waals surface area (Å²) < 4.78 is 2.81. The lowest BCUT2D eigenvalue weighted by molar-refractivity contribution is 0.0711. The Labute approximate surface area is 223 Å². The van der Waals surface area contributed by atoms with Gasteiger partial charge in [0.2, 0.25) is 0 Å². The van der Waals surface area contributed by atoms with Crippen molar-refractivity contribution in [1.82, 2.24) is 14.8 Å². The van der Waals surface area contributed by atoms with Gasteiger partial charge in [-0.1, -0.05) is 94.8 Å². The standard InChI is InChI=1S/C31H23BrN4O/c32-25-18-16-24(17-19-25)31(37)36-29(22-10-4-1-5-11-22)20-28(33-36)27-21-35(26-14-8-3-9-15-26)34-30(27)23-12-6-2-7-13-23/h1-19,21,29H,20H2/t29-/m0/s1. The Hall–Kier alpha value is -4.29. The van der Waals surface area contributed by atoms with Gasteiger partial charge in [0.1, 0.15) is 5.69 Å². The molecule has 2 heterocycles. The van der Waals surface area contributed by atoms with E-state index in [4.69, 9.17) is 10.2 Å². The van der Waals surface area contributed by atoms with Gasteiger partial charge in [-0.25, -0.2) is 9.69 Å². The van der Waals surface area contributed by atoms with Gasteiger partial charge >= 0.3 is 0 Å². The molecule has 37 heavy (non-hydrogen) atoms. The quantitative estimate of drug-likeness (QED) is 0.232. The number of hydrogen-bond donors (Lipinski definition) is 0. The van der Waals surface area contributed by atoms with Crippen molar-refractivity contribution in [3.05, 3.63) is 143 Å². The molecule has 180 valence electrons. The van der Waals surface area contributed by atoms with Gasteiger partial charge < -0.3 is 0 Å².